The fraction of sp³-hybridized carbons (Fsp3) is 0. The molecule has 0 saturated heterocycles. The smallest absolute Gasteiger partial charge is 0.409 e. The largest absolute Gasteiger partial charge is 0.456 e. The van der Waals surface area contributed by atoms with Crippen molar-refractivity contribution in [3.63, 3.8) is 0 Å². The van der Waals surface area contributed by atoms with Gasteiger partial charge in [-0.2, -0.15) is 4.57 Å². The summed E-state index contributed by atoms with van der Waals surface area (Å²) in [6.07, 6.45) is 2.21. The van der Waals surface area contributed by atoms with Gasteiger partial charge in [0.1, 0.15) is 27.9 Å². The summed E-state index contributed by atoms with van der Waals surface area (Å²) >= 11 is 0. The molecule has 0 saturated carbocycles. The van der Waals surface area contributed by atoms with E-state index >= 15 is 0 Å². The van der Waals surface area contributed by atoms with Gasteiger partial charge in [0.15, 0.2) is 5.52 Å². The van der Waals surface area contributed by atoms with E-state index in [0.29, 0.717) is 0 Å². The lowest BCUT2D eigenvalue weighted by molar-refractivity contribution is -0.591. The van der Waals surface area contributed by atoms with Gasteiger partial charge >= 0.3 is 5.95 Å². The molecule has 3 heterocycles. The molecule has 10 aromatic rings. The summed E-state index contributed by atoms with van der Waals surface area (Å²) in [5, 5.41) is 10.7. The molecule has 7 aromatic carbocycles. The summed E-state index contributed by atoms with van der Waals surface area (Å²) in [6.45, 7) is 0. The van der Waals surface area contributed by atoms with Crippen LogP contribution in [0.2, 0.25) is 0 Å². The van der Waals surface area contributed by atoms with Gasteiger partial charge in [0.05, 0.1) is 6.20 Å². The second-order valence-electron chi connectivity index (χ2n) is 11.4. The van der Waals surface area contributed by atoms with Crippen molar-refractivity contribution in [2.75, 3.05) is 0 Å². The van der Waals surface area contributed by atoms with Gasteiger partial charge in [-0.05, 0) is 70.1 Å². The summed E-state index contributed by atoms with van der Waals surface area (Å²) in [6, 6.07) is 49.3. The number of hydrogen-bond acceptors (Lipinski definition) is 2. The average molecular weight is 563 g/mol. The van der Waals surface area contributed by atoms with Crippen molar-refractivity contribution in [3.05, 3.63) is 146 Å². The van der Waals surface area contributed by atoms with Gasteiger partial charge in [-0.1, -0.05) is 96.0 Å². The molecule has 0 bridgehead atoms. The van der Waals surface area contributed by atoms with E-state index < -0.39 is 0 Å². The van der Waals surface area contributed by atoms with Crippen LogP contribution in [0.25, 0.3) is 87.8 Å². The number of para-hydroxylation sites is 2. The van der Waals surface area contributed by atoms with Crippen molar-refractivity contribution in [2.45, 2.75) is 0 Å². The maximum atomic E-state index is 6.18. The Bertz CT molecular complexity index is 2690. The van der Waals surface area contributed by atoms with Crippen molar-refractivity contribution in [1.82, 2.24) is 9.55 Å². The van der Waals surface area contributed by atoms with Crippen LogP contribution in [-0.4, -0.2) is 9.55 Å². The van der Waals surface area contributed by atoms with Crippen molar-refractivity contribution >= 4 is 76.2 Å². The van der Waals surface area contributed by atoms with E-state index in [4.69, 9.17) is 9.40 Å². The Kier molecular flexibility index (Phi) is 4.69. The summed E-state index contributed by atoms with van der Waals surface area (Å²) < 4.78 is 10.8. The highest BCUT2D eigenvalue weighted by atomic mass is 16.3. The fourth-order valence-corrected chi connectivity index (χ4v) is 7.03. The third kappa shape index (κ3) is 3.22. The number of fused-ring (bicyclic) bond motifs is 11. The van der Waals surface area contributed by atoms with E-state index in [0.717, 1.165) is 55.5 Å². The summed E-state index contributed by atoms with van der Waals surface area (Å²) in [5.74, 6) is 0.835. The molecule has 0 N–H and O–H groups in total. The lowest BCUT2D eigenvalue weighted by Gasteiger charge is -2.09. The third-order valence-electron chi connectivity index (χ3n) is 9.03. The lowest BCUT2D eigenvalue weighted by Crippen LogP contribution is -2.37. The van der Waals surface area contributed by atoms with Gasteiger partial charge < -0.3 is 4.42 Å². The monoisotopic (exact) mass is 562 g/mol. The van der Waals surface area contributed by atoms with Crippen LogP contribution in [0.5, 0.6) is 0 Å². The van der Waals surface area contributed by atoms with E-state index in [1.54, 1.807) is 0 Å². The van der Waals surface area contributed by atoms with Crippen LogP contribution in [-0.2, 0) is 0 Å². The average Bonchev–Trinajstić information content (AvgIpc) is 3.63. The zero-order chi connectivity index (χ0) is 28.8. The molecule has 0 atom stereocenters. The first-order chi connectivity index (χ1) is 21.8. The quantitative estimate of drug-likeness (QED) is 0.197. The van der Waals surface area contributed by atoms with Crippen molar-refractivity contribution < 1.29 is 8.98 Å². The minimum absolute atomic E-state index is 0.835. The number of benzene rings is 7. The van der Waals surface area contributed by atoms with Crippen molar-refractivity contribution in [1.29, 1.82) is 0 Å². The highest BCUT2D eigenvalue weighted by Gasteiger charge is 2.27. The summed E-state index contributed by atoms with van der Waals surface area (Å²) in [7, 11) is 0. The van der Waals surface area contributed by atoms with Crippen LogP contribution >= 0.6 is 0 Å². The van der Waals surface area contributed by atoms with Gasteiger partial charge in [-0.15, -0.1) is 0 Å². The Morgan fingerprint density at radius 2 is 1.09 bits per heavy atom. The number of rotatable bonds is 2. The maximum absolute atomic E-state index is 6.18. The molecule has 0 spiro atoms. The lowest BCUT2D eigenvalue weighted by atomic mass is 10.00. The van der Waals surface area contributed by atoms with E-state index in [-0.39, 0.29) is 0 Å². The van der Waals surface area contributed by atoms with Gasteiger partial charge in [0, 0.05) is 26.9 Å². The summed E-state index contributed by atoms with van der Waals surface area (Å²) in [4.78, 5) is 5.39. The highest BCUT2D eigenvalue weighted by molar-refractivity contribution is 6.28. The van der Waals surface area contributed by atoms with Gasteiger partial charge in [0.2, 0.25) is 0 Å². The molecule has 4 heteroatoms. The molecule has 3 aromatic heterocycles. The topological polar surface area (TPSA) is 34.8 Å². The zero-order valence-electron chi connectivity index (χ0n) is 23.6. The Morgan fingerprint density at radius 1 is 0.500 bits per heavy atom. The SMILES string of the molecule is c1ccc2nc(-n3c4ccc5ccccc5c4c4c5ccccc5ccc43)[n+](-c3ccc4oc5ccccc5c4c3)cc2c1. The molecule has 44 heavy (non-hydrogen) atoms. The Hall–Kier alpha value is -6.00. The molecule has 0 fully saturated rings. The Morgan fingerprint density at radius 3 is 1.82 bits per heavy atom. The van der Waals surface area contributed by atoms with Gasteiger partial charge in [-0.3, -0.25) is 0 Å². The van der Waals surface area contributed by atoms with Crippen LogP contribution in [0.4, 0.5) is 0 Å². The number of nitrogens with zero attached hydrogens (tertiary/aromatic N) is 3. The molecule has 4 nitrogen and oxygen atoms in total. The van der Waals surface area contributed by atoms with E-state index in [1.165, 1.54) is 32.3 Å². The van der Waals surface area contributed by atoms with Crippen molar-refractivity contribution in [2.24, 2.45) is 0 Å². The highest BCUT2D eigenvalue weighted by Crippen LogP contribution is 2.40. The number of furan rings is 1. The predicted molar refractivity (Wildman–Crippen MR) is 180 cm³/mol. The number of hydrogen-bond donors (Lipinski definition) is 0. The fourth-order valence-electron chi connectivity index (χ4n) is 7.03. The van der Waals surface area contributed by atoms with Crippen molar-refractivity contribution in [3.8, 4) is 11.6 Å². The first kappa shape index (κ1) is 23.6. The van der Waals surface area contributed by atoms with Crippen LogP contribution < -0.4 is 4.57 Å². The molecule has 0 amide bonds. The Labute approximate surface area is 251 Å². The number of aromatic nitrogens is 3. The van der Waals surface area contributed by atoms with E-state index in [1.807, 2.05) is 12.1 Å². The third-order valence-corrected chi connectivity index (χ3v) is 9.03. The van der Waals surface area contributed by atoms with Gasteiger partial charge in [0.25, 0.3) is 0 Å². The van der Waals surface area contributed by atoms with Crippen LogP contribution in [0.3, 0.4) is 0 Å². The minimum Gasteiger partial charge on any atom is -0.456 e. The second kappa shape index (κ2) is 8.76. The molecule has 0 radical (unpaired) electrons. The Balaban J connectivity index is 1.38. The normalized spacial score (nSPS) is 12.1. The molecule has 10 rings (SSSR count). The second-order valence-corrected chi connectivity index (χ2v) is 11.4. The molecular formula is C40H24N3O+. The first-order valence-corrected chi connectivity index (χ1v) is 14.9. The first-order valence-electron chi connectivity index (χ1n) is 14.9. The molecule has 0 unspecified atom stereocenters. The minimum atomic E-state index is 0.835. The van der Waals surface area contributed by atoms with Crippen LogP contribution in [0.15, 0.2) is 150 Å². The molecule has 0 aliphatic heterocycles. The zero-order valence-corrected chi connectivity index (χ0v) is 23.6. The maximum Gasteiger partial charge on any atom is 0.409 e. The van der Waals surface area contributed by atoms with Crippen LogP contribution in [0.1, 0.15) is 0 Å². The van der Waals surface area contributed by atoms with E-state index in [9.17, 15) is 0 Å². The molecule has 0 aliphatic rings. The standard InChI is InChI=1S/C40H24N3O/c1-4-12-29-25(9-1)17-20-34-38(29)39-30-13-5-2-10-26(30)18-21-35(39)43(34)40-41-33-15-7-3-11-27(33)24-42(40)28-19-22-37-32(23-28)31-14-6-8-16-36(31)44-37/h1-24H/q+1. The summed E-state index contributed by atoms with van der Waals surface area (Å²) in [5.41, 5.74) is 5.99. The van der Waals surface area contributed by atoms with Gasteiger partial charge in [-0.25, -0.2) is 4.57 Å². The molecule has 0 aliphatic carbocycles. The van der Waals surface area contributed by atoms with Crippen LogP contribution in [0, 0.1) is 0 Å². The molecule has 204 valence electrons. The van der Waals surface area contributed by atoms with E-state index in [2.05, 4.69) is 143 Å². The molecular weight excluding hydrogens is 538 g/mol. The predicted octanol–water partition coefficient (Wildman–Crippen LogP) is 9.81.